The highest BCUT2D eigenvalue weighted by Crippen LogP contribution is 2.32. The lowest BCUT2D eigenvalue weighted by Gasteiger charge is -2.32. The molecule has 25 heavy (non-hydrogen) atoms. The van der Waals surface area contributed by atoms with Gasteiger partial charge in [0.05, 0.1) is 18.8 Å². The van der Waals surface area contributed by atoms with Crippen LogP contribution in [-0.2, 0) is 16.1 Å². The van der Waals surface area contributed by atoms with Crippen LogP contribution in [0.3, 0.4) is 0 Å². The Balaban J connectivity index is 1.69. The maximum atomic E-state index is 12.5. The molecular formula is C19H22N4O2. The molecule has 1 N–H and O–H groups in total. The van der Waals surface area contributed by atoms with Crippen molar-refractivity contribution in [1.82, 2.24) is 19.8 Å². The van der Waals surface area contributed by atoms with Crippen molar-refractivity contribution in [2.75, 3.05) is 0 Å². The Bertz CT molecular complexity index is 782. The highest BCUT2D eigenvalue weighted by Gasteiger charge is 2.28. The third-order valence-corrected chi connectivity index (χ3v) is 4.30. The fourth-order valence-electron chi connectivity index (χ4n) is 3.18. The van der Waals surface area contributed by atoms with E-state index >= 15 is 0 Å². The number of hydrogen-bond donors (Lipinski definition) is 1. The Labute approximate surface area is 147 Å². The van der Waals surface area contributed by atoms with Gasteiger partial charge < -0.3 is 14.8 Å². The SMILES string of the molecule is CC(=O)N1C=Cc2ccccc2[C@H]1CC(=O)N[C@H](C)Cn1ccnc1. The van der Waals surface area contributed by atoms with Crippen LogP contribution in [0.5, 0.6) is 0 Å². The second-order valence-electron chi connectivity index (χ2n) is 6.32. The van der Waals surface area contributed by atoms with Gasteiger partial charge in [-0.15, -0.1) is 0 Å². The lowest BCUT2D eigenvalue weighted by Crippen LogP contribution is -2.39. The lowest BCUT2D eigenvalue weighted by atomic mass is 9.93. The molecular weight excluding hydrogens is 316 g/mol. The normalized spacial score (nSPS) is 17.0. The van der Waals surface area contributed by atoms with Gasteiger partial charge in [-0.1, -0.05) is 24.3 Å². The summed E-state index contributed by atoms with van der Waals surface area (Å²) in [5, 5.41) is 3.01. The van der Waals surface area contributed by atoms with E-state index in [2.05, 4.69) is 10.3 Å². The molecule has 2 aromatic rings. The lowest BCUT2D eigenvalue weighted by molar-refractivity contribution is -0.130. The summed E-state index contributed by atoms with van der Waals surface area (Å²) in [4.78, 5) is 30.1. The summed E-state index contributed by atoms with van der Waals surface area (Å²) in [6.45, 7) is 4.13. The summed E-state index contributed by atoms with van der Waals surface area (Å²) in [6, 6.07) is 7.55. The second kappa shape index (κ2) is 7.34. The van der Waals surface area contributed by atoms with Gasteiger partial charge in [0.15, 0.2) is 0 Å². The van der Waals surface area contributed by atoms with E-state index in [1.54, 1.807) is 23.6 Å². The standard InChI is InChI=1S/C19H22N4O2/c1-14(12-22-10-8-20-13-22)21-19(25)11-18-17-6-4-3-5-16(17)7-9-23(18)15(2)24/h3-10,13-14,18H,11-12H2,1-2H3,(H,21,25)/t14-,18-/m1/s1. The molecule has 0 unspecified atom stereocenters. The number of aromatic nitrogens is 2. The number of benzene rings is 1. The molecule has 0 saturated heterocycles. The molecule has 1 aromatic carbocycles. The van der Waals surface area contributed by atoms with Crippen molar-refractivity contribution in [3.8, 4) is 0 Å². The first-order valence-electron chi connectivity index (χ1n) is 8.35. The van der Waals surface area contributed by atoms with Gasteiger partial charge in [0.25, 0.3) is 0 Å². The van der Waals surface area contributed by atoms with Crippen molar-refractivity contribution < 1.29 is 9.59 Å². The van der Waals surface area contributed by atoms with Gasteiger partial charge in [-0.25, -0.2) is 4.98 Å². The molecule has 0 bridgehead atoms. The van der Waals surface area contributed by atoms with Crippen molar-refractivity contribution in [2.45, 2.75) is 38.9 Å². The van der Waals surface area contributed by atoms with Crippen LogP contribution in [0.4, 0.5) is 0 Å². The van der Waals surface area contributed by atoms with Crippen LogP contribution in [-0.4, -0.2) is 32.3 Å². The van der Waals surface area contributed by atoms with Crippen molar-refractivity contribution in [2.24, 2.45) is 0 Å². The number of nitrogens with one attached hydrogen (secondary N) is 1. The van der Waals surface area contributed by atoms with Gasteiger partial charge in [0.1, 0.15) is 0 Å². The summed E-state index contributed by atoms with van der Waals surface area (Å²) >= 11 is 0. The van der Waals surface area contributed by atoms with Crippen LogP contribution in [0, 0.1) is 0 Å². The number of nitrogens with zero attached hydrogens (tertiary/aromatic N) is 3. The molecule has 6 nitrogen and oxygen atoms in total. The van der Waals surface area contributed by atoms with E-state index < -0.39 is 0 Å². The minimum atomic E-state index is -0.279. The van der Waals surface area contributed by atoms with Crippen molar-refractivity contribution in [3.63, 3.8) is 0 Å². The molecule has 3 rings (SSSR count). The van der Waals surface area contributed by atoms with Gasteiger partial charge in [-0.2, -0.15) is 0 Å². The zero-order valence-electron chi connectivity index (χ0n) is 14.4. The number of hydrogen-bond acceptors (Lipinski definition) is 3. The van der Waals surface area contributed by atoms with Gasteiger partial charge in [0, 0.05) is 38.1 Å². The zero-order valence-corrected chi connectivity index (χ0v) is 14.4. The summed E-state index contributed by atoms with van der Waals surface area (Å²) in [6.07, 6.45) is 9.20. The highest BCUT2D eigenvalue weighted by atomic mass is 16.2. The Hall–Kier alpha value is -2.89. The van der Waals surface area contributed by atoms with E-state index in [-0.39, 0.29) is 30.3 Å². The van der Waals surface area contributed by atoms with E-state index in [4.69, 9.17) is 0 Å². The van der Waals surface area contributed by atoms with E-state index in [1.807, 2.05) is 48.0 Å². The predicted octanol–water partition coefficient (Wildman–Crippen LogP) is 2.35. The number of fused-ring (bicyclic) bond motifs is 1. The number of carbonyl (C=O) groups is 2. The number of carbonyl (C=O) groups excluding carboxylic acids is 2. The van der Waals surface area contributed by atoms with Crippen LogP contribution in [0.2, 0.25) is 0 Å². The Morgan fingerprint density at radius 3 is 2.84 bits per heavy atom. The largest absolute Gasteiger partial charge is 0.352 e. The molecule has 130 valence electrons. The average Bonchev–Trinajstić information content (AvgIpc) is 3.07. The third kappa shape index (κ3) is 3.96. The molecule has 0 radical (unpaired) electrons. The number of rotatable bonds is 5. The molecule has 0 aliphatic carbocycles. The smallest absolute Gasteiger partial charge is 0.223 e. The molecule has 0 fully saturated rings. The van der Waals surface area contributed by atoms with Crippen LogP contribution < -0.4 is 5.32 Å². The summed E-state index contributed by atoms with van der Waals surface area (Å²) in [7, 11) is 0. The highest BCUT2D eigenvalue weighted by molar-refractivity contribution is 5.81. The van der Waals surface area contributed by atoms with Crippen LogP contribution >= 0.6 is 0 Å². The maximum absolute atomic E-state index is 12.5. The Morgan fingerprint density at radius 1 is 1.32 bits per heavy atom. The molecule has 0 saturated carbocycles. The summed E-state index contributed by atoms with van der Waals surface area (Å²) in [5.74, 6) is -0.149. The fourth-order valence-corrected chi connectivity index (χ4v) is 3.18. The summed E-state index contributed by atoms with van der Waals surface area (Å²) < 4.78 is 1.92. The van der Waals surface area contributed by atoms with Crippen molar-refractivity contribution in [1.29, 1.82) is 0 Å². The molecule has 6 heteroatoms. The monoisotopic (exact) mass is 338 g/mol. The maximum Gasteiger partial charge on any atom is 0.223 e. The molecule has 2 atom stereocenters. The van der Waals surface area contributed by atoms with Gasteiger partial charge in [-0.3, -0.25) is 9.59 Å². The van der Waals surface area contributed by atoms with Gasteiger partial charge in [0.2, 0.25) is 11.8 Å². The van der Waals surface area contributed by atoms with E-state index in [1.165, 1.54) is 6.92 Å². The van der Waals surface area contributed by atoms with Crippen molar-refractivity contribution in [3.05, 3.63) is 60.3 Å². The quantitative estimate of drug-likeness (QED) is 0.910. The topological polar surface area (TPSA) is 67.2 Å². The molecule has 2 amide bonds. The number of amides is 2. The first kappa shape index (κ1) is 17.0. The minimum absolute atomic E-state index is 0.0261. The molecule has 1 aliphatic heterocycles. The van der Waals surface area contributed by atoms with Crippen LogP contribution in [0.1, 0.15) is 37.4 Å². The van der Waals surface area contributed by atoms with Gasteiger partial charge in [-0.05, 0) is 24.1 Å². The first-order chi connectivity index (χ1) is 12.0. The minimum Gasteiger partial charge on any atom is -0.352 e. The van der Waals surface area contributed by atoms with E-state index in [0.29, 0.717) is 6.54 Å². The summed E-state index contributed by atoms with van der Waals surface area (Å²) in [5.41, 5.74) is 2.04. The van der Waals surface area contributed by atoms with Gasteiger partial charge >= 0.3 is 0 Å². The average molecular weight is 338 g/mol. The second-order valence-corrected chi connectivity index (χ2v) is 6.32. The van der Waals surface area contributed by atoms with Crippen LogP contribution in [0.25, 0.3) is 6.08 Å². The molecule has 0 spiro atoms. The van der Waals surface area contributed by atoms with E-state index in [0.717, 1.165) is 11.1 Å². The molecule has 1 aromatic heterocycles. The molecule has 2 heterocycles. The fraction of sp³-hybridized carbons (Fsp3) is 0.316. The van der Waals surface area contributed by atoms with E-state index in [9.17, 15) is 9.59 Å². The van der Waals surface area contributed by atoms with Crippen LogP contribution in [0.15, 0.2) is 49.2 Å². The predicted molar refractivity (Wildman–Crippen MR) is 95.2 cm³/mol. The number of imidazole rings is 1. The Kier molecular flexibility index (Phi) is 4.97. The zero-order chi connectivity index (χ0) is 17.8. The van der Waals surface area contributed by atoms with Crippen molar-refractivity contribution >= 4 is 17.9 Å². The molecule has 1 aliphatic rings. The third-order valence-electron chi connectivity index (χ3n) is 4.30. The Morgan fingerprint density at radius 2 is 2.12 bits per heavy atom. The first-order valence-corrected chi connectivity index (χ1v) is 8.35.